The Morgan fingerprint density at radius 2 is 2.08 bits per heavy atom. The highest BCUT2D eigenvalue weighted by atomic mass is 32.1. The SMILES string of the molecule is COc1ccc(OC)c(-c2csc(NC(=O)c3ccc([N+](=O)[O-])o3)n2)c1. The molecule has 0 aliphatic heterocycles. The molecule has 0 radical (unpaired) electrons. The van der Waals surface area contributed by atoms with Crippen molar-refractivity contribution in [3.8, 4) is 22.8 Å². The lowest BCUT2D eigenvalue weighted by Crippen LogP contribution is -2.10. The van der Waals surface area contributed by atoms with Crippen LogP contribution < -0.4 is 14.8 Å². The Morgan fingerprint density at radius 1 is 1.27 bits per heavy atom. The quantitative estimate of drug-likeness (QED) is 0.517. The van der Waals surface area contributed by atoms with Gasteiger partial charge in [-0.15, -0.1) is 11.3 Å². The van der Waals surface area contributed by atoms with Gasteiger partial charge in [0.1, 0.15) is 16.4 Å². The summed E-state index contributed by atoms with van der Waals surface area (Å²) in [6, 6.07) is 7.64. The Bertz CT molecular complexity index is 965. The minimum Gasteiger partial charge on any atom is -0.497 e. The Kier molecular flexibility index (Phi) is 4.85. The Morgan fingerprint density at radius 3 is 2.73 bits per heavy atom. The second-order valence-electron chi connectivity index (χ2n) is 4.95. The number of methoxy groups -OCH3 is 2. The summed E-state index contributed by atoms with van der Waals surface area (Å²) in [7, 11) is 3.10. The molecule has 1 amide bonds. The molecule has 3 rings (SSSR count). The van der Waals surface area contributed by atoms with Gasteiger partial charge in [-0.3, -0.25) is 20.2 Å². The molecule has 26 heavy (non-hydrogen) atoms. The fraction of sp³-hybridized carbons (Fsp3) is 0.125. The molecule has 2 aromatic heterocycles. The molecule has 10 heteroatoms. The third-order valence-electron chi connectivity index (χ3n) is 3.40. The third-order valence-corrected chi connectivity index (χ3v) is 4.16. The topological polar surface area (TPSA) is 117 Å². The van der Waals surface area contributed by atoms with Gasteiger partial charge in [0.15, 0.2) is 10.9 Å². The number of nitro groups is 1. The molecule has 0 saturated heterocycles. The van der Waals surface area contributed by atoms with Crippen LogP contribution in [-0.2, 0) is 0 Å². The molecule has 0 saturated carbocycles. The van der Waals surface area contributed by atoms with Gasteiger partial charge in [0, 0.05) is 10.9 Å². The van der Waals surface area contributed by atoms with E-state index in [4.69, 9.17) is 13.9 Å². The van der Waals surface area contributed by atoms with Gasteiger partial charge in [-0.25, -0.2) is 4.98 Å². The normalized spacial score (nSPS) is 10.4. The highest BCUT2D eigenvalue weighted by Crippen LogP contribution is 2.35. The lowest BCUT2D eigenvalue weighted by Gasteiger charge is -2.08. The molecule has 0 unspecified atom stereocenters. The summed E-state index contributed by atoms with van der Waals surface area (Å²) in [5.41, 5.74) is 1.30. The van der Waals surface area contributed by atoms with Crippen LogP contribution >= 0.6 is 11.3 Å². The number of carbonyl (C=O) groups excluding carboxylic acids is 1. The van der Waals surface area contributed by atoms with E-state index in [9.17, 15) is 14.9 Å². The second kappa shape index (κ2) is 7.23. The first-order valence-corrected chi connectivity index (χ1v) is 8.13. The molecular formula is C16H13N3O6S. The van der Waals surface area contributed by atoms with Crippen LogP contribution in [0.5, 0.6) is 11.5 Å². The number of ether oxygens (including phenoxy) is 2. The Labute approximate surface area is 151 Å². The monoisotopic (exact) mass is 375 g/mol. The molecule has 9 nitrogen and oxygen atoms in total. The summed E-state index contributed by atoms with van der Waals surface area (Å²) in [6.45, 7) is 0. The fourth-order valence-electron chi connectivity index (χ4n) is 2.18. The minimum atomic E-state index is -0.715. The van der Waals surface area contributed by atoms with Crippen molar-refractivity contribution in [2.24, 2.45) is 0 Å². The van der Waals surface area contributed by atoms with Gasteiger partial charge < -0.3 is 13.9 Å². The number of carbonyl (C=O) groups is 1. The number of amides is 1. The van der Waals surface area contributed by atoms with Crippen molar-refractivity contribution in [1.29, 1.82) is 0 Å². The van der Waals surface area contributed by atoms with Crippen LogP contribution in [0.4, 0.5) is 11.0 Å². The van der Waals surface area contributed by atoms with E-state index in [2.05, 4.69) is 10.3 Å². The van der Waals surface area contributed by atoms with E-state index in [1.165, 1.54) is 17.4 Å². The molecule has 1 N–H and O–H groups in total. The van der Waals surface area contributed by atoms with Gasteiger partial charge in [-0.05, 0) is 24.3 Å². The number of nitrogens with zero attached hydrogens (tertiary/aromatic N) is 2. The van der Waals surface area contributed by atoms with E-state index in [1.807, 2.05) is 0 Å². The maximum Gasteiger partial charge on any atom is 0.433 e. The molecule has 0 fully saturated rings. The minimum absolute atomic E-state index is 0.174. The van der Waals surface area contributed by atoms with E-state index in [0.29, 0.717) is 27.9 Å². The number of anilines is 1. The van der Waals surface area contributed by atoms with Gasteiger partial charge in [-0.1, -0.05) is 0 Å². The van der Waals surface area contributed by atoms with Crippen molar-refractivity contribution in [2.75, 3.05) is 19.5 Å². The smallest absolute Gasteiger partial charge is 0.433 e. The predicted octanol–water partition coefficient (Wildman–Crippen LogP) is 3.58. The fourth-order valence-corrected chi connectivity index (χ4v) is 2.88. The molecule has 0 aliphatic rings. The summed E-state index contributed by atoms with van der Waals surface area (Å²) in [4.78, 5) is 26.4. The van der Waals surface area contributed by atoms with E-state index < -0.39 is 16.7 Å². The number of hydrogen-bond acceptors (Lipinski definition) is 8. The zero-order chi connectivity index (χ0) is 18.7. The molecule has 2 heterocycles. The third kappa shape index (κ3) is 3.49. The number of aromatic nitrogens is 1. The van der Waals surface area contributed by atoms with Crippen LogP contribution in [-0.4, -0.2) is 30.0 Å². The maximum atomic E-state index is 12.1. The number of benzene rings is 1. The van der Waals surface area contributed by atoms with Crippen LogP contribution in [0.3, 0.4) is 0 Å². The molecule has 0 atom stereocenters. The van der Waals surface area contributed by atoms with Crippen molar-refractivity contribution >= 4 is 28.3 Å². The lowest BCUT2D eigenvalue weighted by atomic mass is 10.1. The van der Waals surface area contributed by atoms with Gasteiger partial charge in [-0.2, -0.15) is 0 Å². The van der Waals surface area contributed by atoms with Gasteiger partial charge in [0.05, 0.1) is 26.0 Å². The first kappa shape index (κ1) is 17.4. The standard InChI is InChI=1S/C16H13N3O6S/c1-23-9-3-4-12(24-2)10(7-9)11-8-26-16(17-11)18-15(20)13-5-6-14(25-13)19(21)22/h3-8H,1-2H3,(H,17,18,20). The Hall–Kier alpha value is -3.40. The number of nitrogens with one attached hydrogen (secondary N) is 1. The number of thiazole rings is 1. The number of furan rings is 1. The first-order valence-electron chi connectivity index (χ1n) is 7.25. The van der Waals surface area contributed by atoms with Crippen molar-refractivity contribution < 1.29 is 23.6 Å². The highest BCUT2D eigenvalue weighted by Gasteiger charge is 2.19. The summed E-state index contributed by atoms with van der Waals surface area (Å²) in [5.74, 6) is -0.0574. The van der Waals surface area contributed by atoms with Crippen molar-refractivity contribution in [3.05, 3.63) is 51.6 Å². The van der Waals surface area contributed by atoms with Crippen LogP contribution in [0.1, 0.15) is 10.6 Å². The summed E-state index contributed by atoms with van der Waals surface area (Å²) >= 11 is 1.20. The molecule has 134 valence electrons. The maximum absolute atomic E-state index is 12.1. The van der Waals surface area contributed by atoms with Gasteiger partial charge in [0.2, 0.25) is 0 Å². The average molecular weight is 375 g/mol. The zero-order valence-electron chi connectivity index (χ0n) is 13.7. The largest absolute Gasteiger partial charge is 0.497 e. The number of hydrogen-bond donors (Lipinski definition) is 1. The van der Waals surface area contributed by atoms with Crippen LogP contribution in [0, 0.1) is 10.1 Å². The van der Waals surface area contributed by atoms with Crippen molar-refractivity contribution in [2.45, 2.75) is 0 Å². The van der Waals surface area contributed by atoms with E-state index >= 15 is 0 Å². The van der Waals surface area contributed by atoms with Crippen LogP contribution in [0.25, 0.3) is 11.3 Å². The van der Waals surface area contributed by atoms with Crippen molar-refractivity contribution in [1.82, 2.24) is 4.98 Å². The van der Waals surface area contributed by atoms with Crippen LogP contribution in [0.15, 0.2) is 40.1 Å². The summed E-state index contributed by atoms with van der Waals surface area (Å²) in [6.07, 6.45) is 0. The van der Waals surface area contributed by atoms with E-state index in [0.717, 1.165) is 6.07 Å². The predicted molar refractivity (Wildman–Crippen MR) is 94.0 cm³/mol. The average Bonchev–Trinajstić information content (AvgIpc) is 3.30. The summed E-state index contributed by atoms with van der Waals surface area (Å²) in [5, 5.41) is 15.2. The zero-order valence-corrected chi connectivity index (χ0v) is 14.5. The molecule has 3 aromatic rings. The van der Waals surface area contributed by atoms with E-state index in [1.54, 1.807) is 37.8 Å². The van der Waals surface area contributed by atoms with E-state index in [-0.39, 0.29) is 5.76 Å². The molecule has 0 bridgehead atoms. The molecule has 0 aliphatic carbocycles. The number of rotatable bonds is 6. The molecular weight excluding hydrogens is 362 g/mol. The Balaban J connectivity index is 1.81. The van der Waals surface area contributed by atoms with Gasteiger partial charge in [0.25, 0.3) is 5.91 Å². The summed E-state index contributed by atoms with van der Waals surface area (Å²) < 4.78 is 15.4. The first-order chi connectivity index (χ1) is 12.5. The lowest BCUT2D eigenvalue weighted by molar-refractivity contribution is -0.402. The van der Waals surface area contributed by atoms with Gasteiger partial charge >= 0.3 is 5.88 Å². The molecule has 0 spiro atoms. The molecule has 1 aromatic carbocycles. The second-order valence-corrected chi connectivity index (χ2v) is 5.81. The van der Waals surface area contributed by atoms with Crippen LogP contribution in [0.2, 0.25) is 0 Å². The highest BCUT2D eigenvalue weighted by molar-refractivity contribution is 7.14. The van der Waals surface area contributed by atoms with Crippen molar-refractivity contribution in [3.63, 3.8) is 0 Å².